The van der Waals surface area contributed by atoms with Crippen molar-refractivity contribution >= 4 is 50.0 Å². The SMILES string of the molecule is Cl.O=S(=O)(NCC1CCCNC1)c1ccc(Br)cc1Cl. The second-order valence-corrected chi connectivity index (χ2v) is 7.70. The first-order valence-corrected chi connectivity index (χ1v) is 8.80. The first-order valence-electron chi connectivity index (χ1n) is 6.14. The van der Waals surface area contributed by atoms with Crippen LogP contribution in [0.5, 0.6) is 0 Å². The highest BCUT2D eigenvalue weighted by Crippen LogP contribution is 2.25. The molecule has 1 fully saturated rings. The summed E-state index contributed by atoms with van der Waals surface area (Å²) in [4.78, 5) is 0.126. The standard InChI is InChI=1S/C12H16BrClN2O2S.ClH/c13-10-3-4-12(11(14)6-10)19(17,18)16-8-9-2-1-5-15-7-9;/h3-4,6,9,15-16H,1-2,5,7-8H2;1H. The molecule has 0 spiro atoms. The average Bonchev–Trinajstić information content (AvgIpc) is 2.37. The molecular weight excluding hydrogens is 387 g/mol. The van der Waals surface area contributed by atoms with E-state index in [1.807, 2.05) is 0 Å². The summed E-state index contributed by atoms with van der Waals surface area (Å²) < 4.78 is 27.7. The third-order valence-electron chi connectivity index (χ3n) is 3.14. The van der Waals surface area contributed by atoms with Crippen LogP contribution in [0.15, 0.2) is 27.6 Å². The molecule has 0 amide bonds. The van der Waals surface area contributed by atoms with Crippen LogP contribution in [-0.4, -0.2) is 28.1 Å². The molecule has 4 nitrogen and oxygen atoms in total. The lowest BCUT2D eigenvalue weighted by atomic mass is 10.0. The number of piperidine rings is 1. The molecule has 1 aromatic rings. The predicted molar refractivity (Wildman–Crippen MR) is 87.2 cm³/mol. The average molecular weight is 404 g/mol. The van der Waals surface area contributed by atoms with E-state index in [9.17, 15) is 8.42 Å². The summed E-state index contributed by atoms with van der Waals surface area (Å²) in [6, 6.07) is 4.76. The van der Waals surface area contributed by atoms with E-state index in [1.54, 1.807) is 12.1 Å². The maximum absolute atomic E-state index is 12.2. The van der Waals surface area contributed by atoms with Gasteiger partial charge >= 0.3 is 0 Å². The van der Waals surface area contributed by atoms with Crippen LogP contribution < -0.4 is 10.0 Å². The number of sulfonamides is 1. The van der Waals surface area contributed by atoms with Gasteiger partial charge in [0, 0.05) is 11.0 Å². The Morgan fingerprint density at radius 1 is 1.45 bits per heavy atom. The number of hydrogen-bond donors (Lipinski definition) is 2. The van der Waals surface area contributed by atoms with Gasteiger partial charge in [0.2, 0.25) is 10.0 Å². The first kappa shape index (κ1) is 18.2. The lowest BCUT2D eigenvalue weighted by Gasteiger charge is -2.22. The molecule has 1 aliphatic heterocycles. The lowest BCUT2D eigenvalue weighted by molar-refractivity contribution is 0.376. The Morgan fingerprint density at radius 3 is 2.80 bits per heavy atom. The Labute approximate surface area is 139 Å². The third kappa shape index (κ3) is 4.86. The van der Waals surface area contributed by atoms with Crippen molar-refractivity contribution < 1.29 is 8.42 Å². The van der Waals surface area contributed by atoms with Gasteiger partial charge in [0.15, 0.2) is 0 Å². The van der Waals surface area contributed by atoms with E-state index in [2.05, 4.69) is 26.0 Å². The Hall–Kier alpha value is 0.150. The summed E-state index contributed by atoms with van der Waals surface area (Å²) in [6.07, 6.45) is 2.13. The highest BCUT2D eigenvalue weighted by atomic mass is 79.9. The van der Waals surface area contributed by atoms with E-state index in [-0.39, 0.29) is 22.3 Å². The van der Waals surface area contributed by atoms with Crippen molar-refractivity contribution in [3.05, 3.63) is 27.7 Å². The summed E-state index contributed by atoms with van der Waals surface area (Å²) in [5, 5.41) is 3.49. The van der Waals surface area contributed by atoms with E-state index in [0.717, 1.165) is 30.4 Å². The van der Waals surface area contributed by atoms with Crippen LogP contribution in [0.2, 0.25) is 5.02 Å². The van der Waals surface area contributed by atoms with Crippen LogP contribution in [0.4, 0.5) is 0 Å². The van der Waals surface area contributed by atoms with Crippen molar-refractivity contribution in [2.45, 2.75) is 17.7 Å². The van der Waals surface area contributed by atoms with Gasteiger partial charge in [-0.25, -0.2) is 13.1 Å². The molecule has 0 bridgehead atoms. The minimum absolute atomic E-state index is 0. The molecule has 1 unspecified atom stereocenters. The highest BCUT2D eigenvalue weighted by molar-refractivity contribution is 9.10. The first-order chi connectivity index (χ1) is 8.99. The monoisotopic (exact) mass is 402 g/mol. The van der Waals surface area contributed by atoms with Crippen molar-refractivity contribution in [2.75, 3.05) is 19.6 Å². The molecule has 1 saturated heterocycles. The van der Waals surface area contributed by atoms with Crippen LogP contribution in [-0.2, 0) is 10.0 Å². The fraction of sp³-hybridized carbons (Fsp3) is 0.500. The van der Waals surface area contributed by atoms with Gasteiger partial charge in [-0.05, 0) is 50.0 Å². The van der Waals surface area contributed by atoms with Crippen molar-refractivity contribution in [1.29, 1.82) is 0 Å². The van der Waals surface area contributed by atoms with Crippen molar-refractivity contribution in [3.8, 4) is 0 Å². The van der Waals surface area contributed by atoms with E-state index in [0.29, 0.717) is 12.5 Å². The van der Waals surface area contributed by atoms with Gasteiger partial charge in [0.1, 0.15) is 4.90 Å². The normalized spacial score (nSPS) is 19.4. The number of rotatable bonds is 4. The van der Waals surface area contributed by atoms with Gasteiger partial charge in [-0.15, -0.1) is 12.4 Å². The van der Waals surface area contributed by atoms with Crippen LogP contribution in [0.25, 0.3) is 0 Å². The molecule has 2 rings (SSSR count). The van der Waals surface area contributed by atoms with E-state index in [1.165, 1.54) is 6.07 Å². The fourth-order valence-corrected chi connectivity index (χ4v) is 4.25. The summed E-state index contributed by atoms with van der Waals surface area (Å²) in [7, 11) is -3.54. The maximum atomic E-state index is 12.2. The minimum Gasteiger partial charge on any atom is -0.316 e. The van der Waals surface area contributed by atoms with Gasteiger partial charge < -0.3 is 5.32 Å². The molecule has 0 aromatic heterocycles. The van der Waals surface area contributed by atoms with Gasteiger partial charge in [0.25, 0.3) is 0 Å². The molecule has 114 valence electrons. The minimum atomic E-state index is -3.54. The van der Waals surface area contributed by atoms with Crippen molar-refractivity contribution in [2.24, 2.45) is 5.92 Å². The van der Waals surface area contributed by atoms with Gasteiger partial charge in [-0.1, -0.05) is 27.5 Å². The van der Waals surface area contributed by atoms with Gasteiger partial charge in [0.05, 0.1) is 5.02 Å². The summed E-state index contributed by atoms with van der Waals surface area (Å²) in [6.45, 7) is 2.32. The number of halogens is 3. The largest absolute Gasteiger partial charge is 0.316 e. The Balaban J connectivity index is 0.00000200. The van der Waals surface area contributed by atoms with E-state index in [4.69, 9.17) is 11.6 Å². The van der Waals surface area contributed by atoms with Crippen LogP contribution in [0, 0.1) is 5.92 Å². The highest BCUT2D eigenvalue weighted by Gasteiger charge is 2.20. The van der Waals surface area contributed by atoms with E-state index >= 15 is 0 Å². The molecule has 1 atom stereocenters. The van der Waals surface area contributed by atoms with Crippen LogP contribution in [0.3, 0.4) is 0 Å². The Morgan fingerprint density at radius 2 is 2.20 bits per heavy atom. The topological polar surface area (TPSA) is 58.2 Å². The molecule has 0 saturated carbocycles. The summed E-state index contributed by atoms with van der Waals surface area (Å²) in [5.74, 6) is 0.345. The molecule has 20 heavy (non-hydrogen) atoms. The van der Waals surface area contributed by atoms with Crippen LogP contribution in [0.1, 0.15) is 12.8 Å². The third-order valence-corrected chi connectivity index (χ3v) is 5.54. The molecule has 0 aliphatic carbocycles. The summed E-state index contributed by atoms with van der Waals surface area (Å²) >= 11 is 9.23. The summed E-state index contributed by atoms with van der Waals surface area (Å²) in [5.41, 5.74) is 0. The number of hydrogen-bond acceptors (Lipinski definition) is 3. The molecule has 8 heteroatoms. The maximum Gasteiger partial charge on any atom is 0.242 e. The molecule has 1 aromatic carbocycles. The predicted octanol–water partition coefficient (Wildman–Crippen LogP) is 2.80. The molecular formula is C12H17BrCl2N2O2S. The molecule has 0 radical (unpaired) electrons. The number of nitrogens with one attached hydrogen (secondary N) is 2. The number of benzene rings is 1. The van der Waals surface area contributed by atoms with Gasteiger partial charge in [-0.2, -0.15) is 0 Å². The molecule has 2 N–H and O–H groups in total. The zero-order valence-electron chi connectivity index (χ0n) is 10.7. The second-order valence-electron chi connectivity index (χ2n) is 4.64. The lowest BCUT2D eigenvalue weighted by Crippen LogP contribution is -2.38. The smallest absolute Gasteiger partial charge is 0.242 e. The second kappa shape index (κ2) is 7.96. The zero-order valence-corrected chi connectivity index (χ0v) is 14.7. The van der Waals surface area contributed by atoms with Crippen molar-refractivity contribution in [3.63, 3.8) is 0 Å². The Kier molecular flexibility index (Phi) is 7.24. The van der Waals surface area contributed by atoms with E-state index < -0.39 is 10.0 Å². The van der Waals surface area contributed by atoms with Crippen molar-refractivity contribution in [1.82, 2.24) is 10.0 Å². The zero-order chi connectivity index (χ0) is 13.9. The quantitative estimate of drug-likeness (QED) is 0.812. The fourth-order valence-electron chi connectivity index (χ4n) is 2.10. The molecule has 1 aliphatic rings. The Bertz CT molecular complexity index is 548. The van der Waals surface area contributed by atoms with Crippen LogP contribution >= 0.6 is 39.9 Å². The molecule has 1 heterocycles. The van der Waals surface area contributed by atoms with Gasteiger partial charge in [-0.3, -0.25) is 0 Å².